The largest absolute Gasteiger partial charge is 0.466 e. The Morgan fingerprint density at radius 2 is 2.09 bits per heavy atom. The molecule has 0 fully saturated rings. The van der Waals surface area contributed by atoms with E-state index in [4.69, 9.17) is 4.74 Å². The average Bonchev–Trinajstić information content (AvgIpc) is 2.55. The van der Waals surface area contributed by atoms with Gasteiger partial charge in [0.1, 0.15) is 0 Å². The molecule has 1 N–H and O–H groups in total. The first kappa shape index (κ1) is 15.4. The lowest BCUT2D eigenvalue weighted by Gasteiger charge is -2.10. The van der Waals surface area contributed by atoms with Gasteiger partial charge in [0.25, 0.3) is 5.91 Å². The van der Waals surface area contributed by atoms with Crippen LogP contribution < -0.4 is 10.1 Å². The van der Waals surface area contributed by atoms with Gasteiger partial charge in [0.05, 0.1) is 6.20 Å². The first-order valence-corrected chi connectivity index (χ1v) is 7.82. The summed E-state index contributed by atoms with van der Waals surface area (Å²) in [4.78, 5) is 12.1. The summed E-state index contributed by atoms with van der Waals surface area (Å²) in [6.45, 7) is 1.80. The van der Waals surface area contributed by atoms with Gasteiger partial charge in [-0.2, -0.15) is 5.10 Å². The summed E-state index contributed by atoms with van der Waals surface area (Å²) in [6, 6.07) is 13.3. The number of benzene rings is 2. The Labute approximate surface area is 141 Å². The number of nitrogens with zero attached hydrogens (tertiary/aromatic N) is 2. The van der Waals surface area contributed by atoms with Crippen LogP contribution >= 0.6 is 15.9 Å². The van der Waals surface area contributed by atoms with Crippen molar-refractivity contribution in [2.45, 2.75) is 6.92 Å². The Bertz CT molecular complexity index is 862. The van der Waals surface area contributed by atoms with Crippen molar-refractivity contribution in [2.75, 3.05) is 11.9 Å². The number of halogens is 1. The molecular weight excluding hydrogens is 358 g/mol. The third-order valence-electron chi connectivity index (χ3n) is 3.34. The maximum Gasteiger partial charge on any atom is 0.262 e. The Morgan fingerprint density at radius 3 is 2.91 bits per heavy atom. The molecular formula is C17H14BrN3O2. The number of anilines is 1. The molecule has 116 valence electrons. The van der Waals surface area contributed by atoms with E-state index in [2.05, 4.69) is 31.4 Å². The molecule has 3 rings (SSSR count). The number of hydrogen-bond donors (Lipinski definition) is 1. The standard InChI is InChI=1S/C17H14BrN3O2/c1-11-8-13(18)6-7-15(11)20-16(22)10-23-17-14-5-3-2-4-12(14)9-19-21-17/h2-9H,10H2,1H3,(H,20,22). The van der Waals surface area contributed by atoms with E-state index < -0.39 is 0 Å². The molecule has 23 heavy (non-hydrogen) atoms. The number of nitrogens with one attached hydrogen (secondary N) is 1. The molecule has 0 bridgehead atoms. The van der Waals surface area contributed by atoms with Crippen molar-refractivity contribution in [2.24, 2.45) is 0 Å². The van der Waals surface area contributed by atoms with Crippen molar-refractivity contribution < 1.29 is 9.53 Å². The van der Waals surface area contributed by atoms with Crippen molar-refractivity contribution in [1.29, 1.82) is 0 Å². The van der Waals surface area contributed by atoms with E-state index in [1.165, 1.54) is 0 Å². The number of rotatable bonds is 4. The fourth-order valence-corrected chi connectivity index (χ4v) is 2.67. The lowest BCUT2D eigenvalue weighted by Crippen LogP contribution is -2.21. The zero-order valence-electron chi connectivity index (χ0n) is 12.4. The fourth-order valence-electron chi connectivity index (χ4n) is 2.20. The molecule has 5 nitrogen and oxygen atoms in total. The van der Waals surface area contributed by atoms with Crippen LogP contribution in [0.1, 0.15) is 5.56 Å². The number of carbonyl (C=O) groups excluding carboxylic acids is 1. The Balaban J connectivity index is 1.69. The van der Waals surface area contributed by atoms with Crippen molar-refractivity contribution in [3.05, 3.63) is 58.7 Å². The number of amides is 1. The highest BCUT2D eigenvalue weighted by Crippen LogP contribution is 2.22. The van der Waals surface area contributed by atoms with Gasteiger partial charge in [-0.25, -0.2) is 0 Å². The molecule has 3 aromatic rings. The zero-order valence-corrected chi connectivity index (χ0v) is 14.0. The summed E-state index contributed by atoms with van der Waals surface area (Å²) in [5.41, 5.74) is 1.73. The van der Waals surface area contributed by atoms with E-state index in [9.17, 15) is 4.79 Å². The Kier molecular flexibility index (Phi) is 4.52. The van der Waals surface area contributed by atoms with Crippen molar-refractivity contribution in [3.8, 4) is 5.88 Å². The van der Waals surface area contributed by atoms with Gasteiger partial charge in [0, 0.05) is 20.9 Å². The van der Waals surface area contributed by atoms with Crippen LogP contribution in [0.15, 0.2) is 53.1 Å². The normalized spacial score (nSPS) is 10.5. The van der Waals surface area contributed by atoms with Crippen LogP contribution in [0.2, 0.25) is 0 Å². The van der Waals surface area contributed by atoms with E-state index >= 15 is 0 Å². The van der Waals surface area contributed by atoms with Crippen LogP contribution in [-0.4, -0.2) is 22.7 Å². The van der Waals surface area contributed by atoms with E-state index in [1.807, 2.05) is 49.4 Å². The molecule has 6 heteroatoms. The number of aryl methyl sites for hydroxylation is 1. The van der Waals surface area contributed by atoms with E-state index in [0.29, 0.717) is 5.88 Å². The summed E-state index contributed by atoms with van der Waals surface area (Å²) in [5.74, 6) is 0.107. The third-order valence-corrected chi connectivity index (χ3v) is 3.83. The quantitative estimate of drug-likeness (QED) is 0.758. The average molecular weight is 372 g/mol. The van der Waals surface area contributed by atoms with Crippen LogP contribution in [0.4, 0.5) is 5.69 Å². The van der Waals surface area contributed by atoms with Crippen molar-refractivity contribution in [3.63, 3.8) is 0 Å². The minimum atomic E-state index is -0.245. The van der Waals surface area contributed by atoms with Crippen LogP contribution in [0.5, 0.6) is 5.88 Å². The van der Waals surface area contributed by atoms with Gasteiger partial charge in [-0.3, -0.25) is 4.79 Å². The molecule has 1 amide bonds. The number of carbonyl (C=O) groups is 1. The predicted molar refractivity (Wildman–Crippen MR) is 92.5 cm³/mol. The van der Waals surface area contributed by atoms with E-state index in [-0.39, 0.29) is 12.5 Å². The molecule has 0 aliphatic carbocycles. The van der Waals surface area contributed by atoms with Gasteiger partial charge in [-0.05, 0) is 36.8 Å². The van der Waals surface area contributed by atoms with Gasteiger partial charge in [0.15, 0.2) is 6.61 Å². The first-order valence-electron chi connectivity index (χ1n) is 7.03. The fraction of sp³-hybridized carbons (Fsp3) is 0.118. The van der Waals surface area contributed by atoms with E-state index in [0.717, 1.165) is 26.5 Å². The molecule has 1 heterocycles. The van der Waals surface area contributed by atoms with Crippen molar-refractivity contribution in [1.82, 2.24) is 10.2 Å². The molecule has 0 atom stereocenters. The second-order valence-corrected chi connectivity index (χ2v) is 5.95. The lowest BCUT2D eigenvalue weighted by molar-refractivity contribution is -0.118. The molecule has 0 spiro atoms. The van der Waals surface area contributed by atoms with Crippen molar-refractivity contribution >= 4 is 38.3 Å². The van der Waals surface area contributed by atoms with Crippen LogP contribution in [0.3, 0.4) is 0 Å². The minimum Gasteiger partial charge on any atom is -0.466 e. The number of hydrogen-bond acceptors (Lipinski definition) is 4. The summed E-state index contributed by atoms with van der Waals surface area (Å²) >= 11 is 3.39. The maximum atomic E-state index is 12.1. The summed E-state index contributed by atoms with van der Waals surface area (Å²) < 4.78 is 6.49. The highest BCUT2D eigenvalue weighted by atomic mass is 79.9. The number of ether oxygens (including phenoxy) is 1. The zero-order chi connectivity index (χ0) is 16.2. The monoisotopic (exact) mass is 371 g/mol. The predicted octanol–water partition coefficient (Wildman–Crippen LogP) is 3.72. The lowest BCUT2D eigenvalue weighted by atomic mass is 10.2. The topological polar surface area (TPSA) is 64.1 Å². The minimum absolute atomic E-state index is 0.127. The highest BCUT2D eigenvalue weighted by molar-refractivity contribution is 9.10. The molecule has 0 aliphatic rings. The third kappa shape index (κ3) is 3.65. The molecule has 0 radical (unpaired) electrons. The number of fused-ring (bicyclic) bond motifs is 1. The molecule has 0 aliphatic heterocycles. The van der Waals surface area contributed by atoms with Crippen LogP contribution in [0.25, 0.3) is 10.8 Å². The number of aromatic nitrogens is 2. The molecule has 0 saturated carbocycles. The second-order valence-electron chi connectivity index (χ2n) is 5.03. The Morgan fingerprint density at radius 1 is 1.26 bits per heavy atom. The second kappa shape index (κ2) is 6.75. The van der Waals surface area contributed by atoms with Gasteiger partial charge >= 0.3 is 0 Å². The summed E-state index contributed by atoms with van der Waals surface area (Å²) in [6.07, 6.45) is 1.66. The first-order chi connectivity index (χ1) is 11.1. The van der Waals surface area contributed by atoms with Gasteiger partial charge in [-0.1, -0.05) is 34.1 Å². The van der Waals surface area contributed by atoms with Gasteiger partial charge < -0.3 is 10.1 Å². The Hall–Kier alpha value is -2.47. The smallest absolute Gasteiger partial charge is 0.262 e. The van der Waals surface area contributed by atoms with Crippen LogP contribution in [0, 0.1) is 6.92 Å². The molecule has 0 unspecified atom stereocenters. The summed E-state index contributed by atoms with van der Waals surface area (Å²) in [7, 11) is 0. The molecule has 1 aromatic heterocycles. The van der Waals surface area contributed by atoms with Gasteiger partial charge in [0.2, 0.25) is 5.88 Å². The highest BCUT2D eigenvalue weighted by Gasteiger charge is 2.09. The van der Waals surface area contributed by atoms with Crippen LogP contribution in [-0.2, 0) is 4.79 Å². The van der Waals surface area contributed by atoms with E-state index in [1.54, 1.807) is 6.20 Å². The summed E-state index contributed by atoms with van der Waals surface area (Å²) in [5, 5.41) is 12.4. The maximum absolute atomic E-state index is 12.1. The van der Waals surface area contributed by atoms with Gasteiger partial charge in [-0.15, -0.1) is 5.10 Å². The molecule has 0 saturated heterocycles. The molecule has 2 aromatic carbocycles. The SMILES string of the molecule is Cc1cc(Br)ccc1NC(=O)COc1nncc2ccccc12.